The Balaban J connectivity index is 1.58. The van der Waals surface area contributed by atoms with Crippen molar-refractivity contribution in [2.75, 3.05) is 19.7 Å². The summed E-state index contributed by atoms with van der Waals surface area (Å²) in [4.78, 5) is 14.6. The van der Waals surface area contributed by atoms with Crippen molar-refractivity contribution in [1.82, 2.24) is 15.4 Å². The van der Waals surface area contributed by atoms with Crippen LogP contribution in [0, 0.1) is 0 Å². The third-order valence-corrected chi connectivity index (χ3v) is 4.30. The van der Waals surface area contributed by atoms with Crippen LogP contribution in [0.5, 0.6) is 0 Å². The normalized spacial score (nSPS) is 19.8. The third kappa shape index (κ3) is 4.21. The molecule has 1 aromatic carbocycles. The van der Waals surface area contributed by atoms with Crippen molar-refractivity contribution in [3.8, 4) is 0 Å². The van der Waals surface area contributed by atoms with Gasteiger partial charge >= 0.3 is 0 Å². The Morgan fingerprint density at radius 2 is 2.21 bits per heavy atom. The highest BCUT2D eigenvalue weighted by molar-refractivity contribution is 5.92. The summed E-state index contributed by atoms with van der Waals surface area (Å²) in [5.41, 5.74) is 1.59. The summed E-state index contributed by atoms with van der Waals surface area (Å²) < 4.78 is 10.6. The van der Waals surface area contributed by atoms with Crippen molar-refractivity contribution in [3.63, 3.8) is 0 Å². The van der Waals surface area contributed by atoms with Crippen LogP contribution in [-0.4, -0.2) is 47.8 Å². The second kappa shape index (κ2) is 8.08. The Hall–Kier alpha value is -2.18. The lowest BCUT2D eigenvalue weighted by molar-refractivity contribution is -0.0483. The maximum absolute atomic E-state index is 12.2. The first-order chi connectivity index (χ1) is 11.8. The molecule has 0 radical (unpaired) electrons. The van der Waals surface area contributed by atoms with Crippen molar-refractivity contribution in [2.24, 2.45) is 0 Å². The van der Waals surface area contributed by atoms with Crippen LogP contribution < -0.4 is 5.32 Å². The van der Waals surface area contributed by atoms with Crippen LogP contribution in [0.25, 0.3) is 0 Å². The molecule has 2 atom stereocenters. The first kappa shape index (κ1) is 16.7. The quantitative estimate of drug-likeness (QED) is 0.879. The molecule has 2 heterocycles. The van der Waals surface area contributed by atoms with E-state index in [1.54, 1.807) is 6.07 Å². The number of morpholine rings is 1. The Kier molecular flexibility index (Phi) is 5.61. The molecule has 1 aliphatic rings. The zero-order valence-corrected chi connectivity index (χ0v) is 13.9. The molecule has 1 amide bonds. The van der Waals surface area contributed by atoms with E-state index in [9.17, 15) is 4.79 Å². The highest BCUT2D eigenvalue weighted by Crippen LogP contribution is 2.15. The van der Waals surface area contributed by atoms with Gasteiger partial charge in [0.1, 0.15) is 6.26 Å². The molecule has 2 aromatic rings. The molecule has 1 saturated heterocycles. The van der Waals surface area contributed by atoms with Crippen molar-refractivity contribution in [2.45, 2.75) is 32.0 Å². The number of carbonyl (C=O) groups is 1. The molecule has 6 heteroatoms. The second-order valence-electron chi connectivity index (χ2n) is 6.00. The lowest BCUT2D eigenvalue weighted by Crippen LogP contribution is -2.53. The highest BCUT2D eigenvalue weighted by Gasteiger charge is 2.29. The fourth-order valence-corrected chi connectivity index (χ4v) is 2.99. The van der Waals surface area contributed by atoms with Crippen LogP contribution >= 0.6 is 0 Å². The van der Waals surface area contributed by atoms with Crippen molar-refractivity contribution >= 4 is 5.91 Å². The summed E-state index contributed by atoms with van der Waals surface area (Å²) in [5.74, 6) is -0.223. The number of carbonyl (C=O) groups excluding carboxylic acids is 1. The number of ether oxygens (including phenoxy) is 1. The first-order valence-electron chi connectivity index (χ1n) is 8.35. The number of hydrogen-bond acceptors (Lipinski definition) is 5. The molecule has 6 nitrogen and oxygen atoms in total. The second-order valence-corrected chi connectivity index (χ2v) is 6.00. The maximum atomic E-state index is 12.2. The standard InChI is InChI=1S/C18H23N3O3/c1-2-15(19-18(22)16-8-10-24-20-16)17-13-21(9-11-23-17)12-14-6-4-3-5-7-14/h3-8,10,15,17H,2,9,11-13H2,1H3,(H,19,22). The topological polar surface area (TPSA) is 67.6 Å². The number of nitrogens with zero attached hydrogens (tertiary/aromatic N) is 2. The summed E-state index contributed by atoms with van der Waals surface area (Å²) in [6.45, 7) is 5.32. The molecule has 3 rings (SSSR count). The van der Waals surface area contributed by atoms with Crippen LogP contribution in [0.4, 0.5) is 0 Å². The van der Waals surface area contributed by atoms with Crippen LogP contribution in [-0.2, 0) is 11.3 Å². The molecule has 2 unspecified atom stereocenters. The van der Waals surface area contributed by atoms with Crippen LogP contribution in [0.2, 0.25) is 0 Å². The monoisotopic (exact) mass is 329 g/mol. The lowest BCUT2D eigenvalue weighted by Gasteiger charge is -2.37. The Labute approximate surface area is 141 Å². The average molecular weight is 329 g/mol. The van der Waals surface area contributed by atoms with Gasteiger partial charge in [-0.15, -0.1) is 0 Å². The van der Waals surface area contributed by atoms with Crippen LogP contribution in [0.1, 0.15) is 29.4 Å². The van der Waals surface area contributed by atoms with E-state index in [2.05, 4.69) is 39.6 Å². The smallest absolute Gasteiger partial charge is 0.273 e. The van der Waals surface area contributed by atoms with Gasteiger partial charge in [0.05, 0.1) is 18.8 Å². The lowest BCUT2D eigenvalue weighted by atomic mass is 10.1. The van der Waals surface area contributed by atoms with Gasteiger partial charge in [0, 0.05) is 25.7 Å². The number of amides is 1. The molecule has 1 aromatic heterocycles. The van der Waals surface area contributed by atoms with Crippen LogP contribution in [0.15, 0.2) is 47.2 Å². The number of nitrogens with one attached hydrogen (secondary N) is 1. The molecular weight excluding hydrogens is 306 g/mol. The summed E-state index contributed by atoms with van der Waals surface area (Å²) in [6, 6.07) is 11.9. The fourth-order valence-electron chi connectivity index (χ4n) is 2.99. The predicted molar refractivity (Wildman–Crippen MR) is 89.5 cm³/mol. The molecule has 0 saturated carbocycles. The van der Waals surface area contributed by atoms with Crippen LogP contribution in [0.3, 0.4) is 0 Å². The van der Waals surface area contributed by atoms with Gasteiger partial charge in [-0.25, -0.2) is 0 Å². The van der Waals surface area contributed by atoms with Crippen molar-refractivity contribution in [3.05, 3.63) is 53.9 Å². The summed E-state index contributed by atoms with van der Waals surface area (Å²) in [5, 5.41) is 6.69. The van der Waals surface area contributed by atoms with Gasteiger partial charge < -0.3 is 14.6 Å². The Bertz CT molecular complexity index is 630. The molecule has 128 valence electrons. The summed E-state index contributed by atoms with van der Waals surface area (Å²) >= 11 is 0. The minimum Gasteiger partial charge on any atom is -0.373 e. The zero-order valence-electron chi connectivity index (χ0n) is 13.9. The predicted octanol–water partition coefficient (Wildman–Crippen LogP) is 2.08. The van der Waals surface area contributed by atoms with Gasteiger partial charge in [0.15, 0.2) is 5.69 Å². The average Bonchev–Trinajstić information content (AvgIpc) is 3.15. The minimum atomic E-state index is -0.223. The Morgan fingerprint density at radius 3 is 2.92 bits per heavy atom. The van der Waals surface area contributed by atoms with Gasteiger partial charge in [-0.3, -0.25) is 9.69 Å². The van der Waals surface area contributed by atoms with Gasteiger partial charge in [-0.05, 0) is 12.0 Å². The van der Waals surface area contributed by atoms with E-state index < -0.39 is 0 Å². The van der Waals surface area contributed by atoms with Crippen molar-refractivity contribution in [1.29, 1.82) is 0 Å². The first-order valence-corrected chi connectivity index (χ1v) is 8.35. The minimum absolute atomic E-state index is 0.0247. The molecule has 1 N–H and O–H groups in total. The molecule has 0 aliphatic carbocycles. The van der Waals surface area contributed by atoms with E-state index in [-0.39, 0.29) is 18.1 Å². The van der Waals surface area contributed by atoms with Crippen molar-refractivity contribution < 1.29 is 14.1 Å². The van der Waals surface area contributed by atoms with E-state index in [0.29, 0.717) is 12.3 Å². The number of aromatic nitrogens is 1. The number of hydrogen-bond donors (Lipinski definition) is 1. The zero-order chi connectivity index (χ0) is 16.8. The highest BCUT2D eigenvalue weighted by atomic mass is 16.5. The SMILES string of the molecule is CCC(NC(=O)c1ccon1)C1CN(Cc2ccccc2)CCO1. The van der Waals surface area contributed by atoms with E-state index in [1.165, 1.54) is 11.8 Å². The van der Waals surface area contributed by atoms with Gasteiger partial charge in [-0.2, -0.15) is 0 Å². The van der Waals surface area contributed by atoms with Gasteiger partial charge in [-0.1, -0.05) is 42.4 Å². The molecule has 1 aliphatic heterocycles. The third-order valence-electron chi connectivity index (χ3n) is 4.30. The molecule has 24 heavy (non-hydrogen) atoms. The van der Waals surface area contributed by atoms with Gasteiger partial charge in [0.2, 0.25) is 0 Å². The molecule has 1 fully saturated rings. The van der Waals surface area contributed by atoms with E-state index in [4.69, 9.17) is 9.26 Å². The summed E-state index contributed by atoms with van der Waals surface area (Å²) in [6.07, 6.45) is 2.17. The van der Waals surface area contributed by atoms with E-state index in [1.807, 2.05) is 13.0 Å². The maximum Gasteiger partial charge on any atom is 0.273 e. The summed E-state index contributed by atoms with van der Waals surface area (Å²) in [7, 11) is 0. The molecule has 0 spiro atoms. The molecule has 0 bridgehead atoms. The fraction of sp³-hybridized carbons (Fsp3) is 0.444. The number of rotatable bonds is 6. The van der Waals surface area contributed by atoms with E-state index >= 15 is 0 Å². The molecular formula is C18H23N3O3. The van der Waals surface area contributed by atoms with Gasteiger partial charge in [0.25, 0.3) is 5.91 Å². The largest absolute Gasteiger partial charge is 0.373 e. The van der Waals surface area contributed by atoms with E-state index in [0.717, 1.165) is 26.1 Å². The Morgan fingerprint density at radius 1 is 1.38 bits per heavy atom. The number of benzene rings is 1.